The van der Waals surface area contributed by atoms with Crippen LogP contribution in [0.15, 0.2) is 37.1 Å². The predicted molar refractivity (Wildman–Crippen MR) is 101 cm³/mol. The lowest BCUT2D eigenvalue weighted by molar-refractivity contribution is 0.245. The van der Waals surface area contributed by atoms with E-state index in [1.54, 1.807) is 0 Å². The minimum Gasteiger partial charge on any atom is -0.502 e. The lowest BCUT2D eigenvalue weighted by atomic mass is 10.0. The summed E-state index contributed by atoms with van der Waals surface area (Å²) in [5.74, 6) is 3.08. The second-order valence-corrected chi connectivity index (χ2v) is 5.87. The minimum absolute atomic E-state index is 0.715. The van der Waals surface area contributed by atoms with Crippen LogP contribution in [0.5, 0.6) is 0 Å². The summed E-state index contributed by atoms with van der Waals surface area (Å²) in [5.41, 5.74) is 0. The average Bonchev–Trinajstić information content (AvgIpc) is 2.52. The van der Waals surface area contributed by atoms with Gasteiger partial charge in [-0.05, 0) is 50.7 Å². The molecule has 0 radical (unpaired) electrons. The molecule has 2 heteroatoms. The van der Waals surface area contributed by atoms with Crippen molar-refractivity contribution in [1.29, 1.82) is 0 Å². The molecule has 0 rings (SSSR count). The Hall–Kier alpha value is -0.630. The van der Waals surface area contributed by atoms with Crippen LogP contribution >= 0.6 is 11.8 Å². The van der Waals surface area contributed by atoms with Gasteiger partial charge in [-0.3, -0.25) is 0 Å². The zero-order chi connectivity index (χ0) is 16.2. The highest BCUT2D eigenvalue weighted by molar-refractivity contribution is 7.99. The Morgan fingerprint density at radius 2 is 1.90 bits per heavy atom. The monoisotopic (exact) mass is 312 g/mol. The van der Waals surface area contributed by atoms with Crippen LogP contribution in [0.1, 0.15) is 59.8 Å². The van der Waals surface area contributed by atoms with Crippen LogP contribution in [0.4, 0.5) is 0 Å². The number of unbranched alkanes of at least 4 members (excludes halogenated alkanes) is 2. The van der Waals surface area contributed by atoms with E-state index >= 15 is 0 Å². The molecular formula is C19H36OS. The van der Waals surface area contributed by atoms with Gasteiger partial charge in [0.15, 0.2) is 0 Å². The molecule has 0 N–H and O–H groups in total. The Morgan fingerprint density at radius 3 is 2.57 bits per heavy atom. The van der Waals surface area contributed by atoms with Crippen LogP contribution < -0.4 is 0 Å². The normalized spacial score (nSPS) is 12.2. The Kier molecular flexibility index (Phi) is 23.4. The third kappa shape index (κ3) is 21.8. The summed E-state index contributed by atoms with van der Waals surface area (Å²) >= 11 is 2.01. The SMILES string of the molecule is C=COCCCCSC/C=C/C(C)CCC/C=C\C.CC. The summed E-state index contributed by atoms with van der Waals surface area (Å²) in [4.78, 5) is 0. The van der Waals surface area contributed by atoms with Crippen LogP contribution in [0.3, 0.4) is 0 Å². The van der Waals surface area contributed by atoms with Crippen LogP contribution in [-0.2, 0) is 4.74 Å². The van der Waals surface area contributed by atoms with Gasteiger partial charge in [0.1, 0.15) is 0 Å². The van der Waals surface area contributed by atoms with Crippen molar-refractivity contribution < 1.29 is 4.74 Å². The molecule has 1 nitrogen and oxygen atoms in total. The van der Waals surface area contributed by atoms with E-state index < -0.39 is 0 Å². The summed E-state index contributed by atoms with van der Waals surface area (Å²) in [5, 5.41) is 0. The number of hydrogen-bond acceptors (Lipinski definition) is 2. The van der Waals surface area contributed by atoms with E-state index in [2.05, 4.69) is 44.7 Å². The molecule has 0 amide bonds. The third-order valence-corrected chi connectivity index (χ3v) is 3.87. The molecule has 0 bridgehead atoms. The van der Waals surface area contributed by atoms with Gasteiger partial charge in [-0.2, -0.15) is 11.8 Å². The van der Waals surface area contributed by atoms with Crippen molar-refractivity contribution in [3.8, 4) is 0 Å². The Balaban J connectivity index is 0. The molecule has 0 saturated heterocycles. The van der Waals surface area contributed by atoms with Crippen molar-refractivity contribution >= 4 is 11.8 Å². The summed E-state index contributed by atoms with van der Waals surface area (Å²) in [6.45, 7) is 12.7. The van der Waals surface area contributed by atoms with Gasteiger partial charge in [0.25, 0.3) is 0 Å². The zero-order valence-electron chi connectivity index (χ0n) is 14.6. The molecule has 0 aromatic rings. The van der Waals surface area contributed by atoms with E-state index in [1.165, 1.54) is 37.7 Å². The molecule has 0 aliphatic heterocycles. The molecule has 0 aromatic heterocycles. The minimum atomic E-state index is 0.715. The van der Waals surface area contributed by atoms with Crippen LogP contribution in [0, 0.1) is 5.92 Å². The molecule has 1 atom stereocenters. The molecule has 0 spiro atoms. The van der Waals surface area contributed by atoms with Crippen LogP contribution in [0.25, 0.3) is 0 Å². The lowest BCUT2D eigenvalue weighted by Gasteiger charge is -2.04. The van der Waals surface area contributed by atoms with E-state index in [1.807, 2.05) is 25.6 Å². The maximum Gasteiger partial charge on any atom is 0.0873 e. The fraction of sp³-hybridized carbons (Fsp3) is 0.684. The van der Waals surface area contributed by atoms with Gasteiger partial charge in [-0.15, -0.1) is 0 Å². The molecule has 0 fully saturated rings. The standard InChI is InChI=1S/C17H30OS.C2H6/c1-4-6-7-8-12-17(3)13-11-16-19-15-10-9-14-18-5-2;1-2/h4-6,11,13,17H,2,7-10,12,14-16H2,1,3H3;1-2H3/b6-4-,13-11+;. The zero-order valence-corrected chi connectivity index (χ0v) is 15.5. The number of rotatable bonds is 13. The van der Waals surface area contributed by atoms with Gasteiger partial charge < -0.3 is 4.74 Å². The van der Waals surface area contributed by atoms with Crippen molar-refractivity contribution in [1.82, 2.24) is 0 Å². The Bertz CT molecular complexity index is 246. The van der Waals surface area contributed by atoms with Gasteiger partial charge in [-0.1, -0.05) is 51.7 Å². The first-order chi connectivity index (χ1) is 10.3. The maximum atomic E-state index is 5.08. The molecule has 124 valence electrons. The molecule has 21 heavy (non-hydrogen) atoms. The molecule has 0 aliphatic rings. The highest BCUT2D eigenvalue weighted by Gasteiger charge is 1.95. The average molecular weight is 313 g/mol. The van der Waals surface area contributed by atoms with Gasteiger partial charge in [-0.25, -0.2) is 0 Å². The fourth-order valence-corrected chi connectivity index (χ4v) is 2.55. The van der Waals surface area contributed by atoms with Crippen LogP contribution in [0.2, 0.25) is 0 Å². The van der Waals surface area contributed by atoms with E-state index in [-0.39, 0.29) is 0 Å². The first-order valence-corrected chi connectivity index (χ1v) is 9.54. The van der Waals surface area contributed by atoms with E-state index in [9.17, 15) is 0 Å². The third-order valence-electron chi connectivity index (χ3n) is 2.86. The first-order valence-electron chi connectivity index (χ1n) is 8.39. The second-order valence-electron chi connectivity index (χ2n) is 4.72. The molecule has 0 aromatic carbocycles. The summed E-state index contributed by atoms with van der Waals surface area (Å²) < 4.78 is 5.08. The molecular weight excluding hydrogens is 276 g/mol. The van der Waals surface area contributed by atoms with Crippen molar-refractivity contribution in [2.45, 2.75) is 59.8 Å². The quantitative estimate of drug-likeness (QED) is 0.214. The van der Waals surface area contributed by atoms with Crippen molar-refractivity contribution in [3.63, 3.8) is 0 Å². The van der Waals surface area contributed by atoms with E-state index in [0.29, 0.717) is 5.92 Å². The molecule has 1 unspecified atom stereocenters. The van der Waals surface area contributed by atoms with Gasteiger partial charge in [0, 0.05) is 5.75 Å². The van der Waals surface area contributed by atoms with Crippen molar-refractivity contribution in [3.05, 3.63) is 37.1 Å². The van der Waals surface area contributed by atoms with Gasteiger partial charge >= 0.3 is 0 Å². The Morgan fingerprint density at radius 1 is 1.14 bits per heavy atom. The number of allylic oxidation sites excluding steroid dienone is 3. The summed E-state index contributed by atoms with van der Waals surface area (Å²) in [6.07, 6.45) is 16.8. The largest absolute Gasteiger partial charge is 0.502 e. The van der Waals surface area contributed by atoms with Crippen LogP contribution in [-0.4, -0.2) is 18.1 Å². The molecule has 0 heterocycles. The maximum absolute atomic E-state index is 5.08. The Labute approximate surface area is 137 Å². The van der Waals surface area contributed by atoms with Gasteiger partial charge in [0.2, 0.25) is 0 Å². The van der Waals surface area contributed by atoms with E-state index in [0.717, 1.165) is 18.8 Å². The second kappa shape index (κ2) is 21.7. The number of thioether (sulfide) groups is 1. The predicted octanol–water partition coefficient (Wildman–Crippen LogP) is 6.62. The van der Waals surface area contributed by atoms with Gasteiger partial charge in [0.05, 0.1) is 12.9 Å². The van der Waals surface area contributed by atoms with Crippen molar-refractivity contribution in [2.24, 2.45) is 5.92 Å². The van der Waals surface area contributed by atoms with Crippen molar-refractivity contribution in [2.75, 3.05) is 18.1 Å². The highest BCUT2D eigenvalue weighted by atomic mass is 32.2. The smallest absolute Gasteiger partial charge is 0.0873 e. The van der Waals surface area contributed by atoms with E-state index in [4.69, 9.17) is 4.74 Å². The fourth-order valence-electron chi connectivity index (χ4n) is 1.73. The first kappa shape index (κ1) is 22.6. The molecule has 0 aliphatic carbocycles. The number of hydrogen-bond donors (Lipinski definition) is 0. The number of ether oxygens (including phenoxy) is 1. The summed E-state index contributed by atoms with van der Waals surface area (Å²) in [7, 11) is 0. The summed E-state index contributed by atoms with van der Waals surface area (Å²) in [6, 6.07) is 0. The highest BCUT2D eigenvalue weighted by Crippen LogP contribution is 2.11. The topological polar surface area (TPSA) is 9.23 Å². The lowest BCUT2D eigenvalue weighted by Crippen LogP contribution is -1.91. The molecule has 0 saturated carbocycles.